The van der Waals surface area contributed by atoms with Gasteiger partial charge in [0.15, 0.2) is 5.78 Å². The molecule has 0 fully saturated rings. The van der Waals surface area contributed by atoms with Crippen LogP contribution < -0.4 is 4.74 Å². The van der Waals surface area contributed by atoms with E-state index >= 15 is 0 Å². The summed E-state index contributed by atoms with van der Waals surface area (Å²) in [7, 11) is 1.57. The maximum absolute atomic E-state index is 11.7. The molecule has 1 aromatic carbocycles. The smallest absolute Gasteiger partial charge is 0.189 e. The van der Waals surface area contributed by atoms with Crippen molar-refractivity contribution < 1.29 is 9.53 Å². The SMILES string of the molecule is C=CC(=O)c1c(C)c(Br)cc(C)c1OC. The normalized spacial score (nSPS) is 9.87. The van der Waals surface area contributed by atoms with Crippen molar-refractivity contribution in [1.82, 2.24) is 0 Å². The van der Waals surface area contributed by atoms with Crippen molar-refractivity contribution in [3.05, 3.63) is 39.9 Å². The Kier molecular flexibility index (Phi) is 3.69. The molecule has 0 unspecified atom stereocenters. The molecule has 1 rings (SSSR count). The Labute approximate surface area is 98.1 Å². The van der Waals surface area contributed by atoms with E-state index in [1.807, 2.05) is 19.9 Å². The minimum atomic E-state index is -0.117. The molecule has 0 heterocycles. The van der Waals surface area contributed by atoms with Gasteiger partial charge in [-0.2, -0.15) is 0 Å². The molecule has 80 valence electrons. The number of ketones is 1. The number of allylic oxidation sites excluding steroid dienone is 1. The first kappa shape index (κ1) is 12.0. The zero-order valence-electron chi connectivity index (χ0n) is 9.06. The average molecular weight is 269 g/mol. The Bertz CT molecular complexity index is 422. The Morgan fingerprint density at radius 3 is 2.60 bits per heavy atom. The van der Waals surface area contributed by atoms with Crippen molar-refractivity contribution in [2.24, 2.45) is 0 Å². The number of carbonyl (C=O) groups excluding carboxylic acids is 1. The van der Waals surface area contributed by atoms with Gasteiger partial charge in [-0.1, -0.05) is 22.5 Å². The Morgan fingerprint density at radius 2 is 2.13 bits per heavy atom. The van der Waals surface area contributed by atoms with E-state index in [1.54, 1.807) is 7.11 Å². The van der Waals surface area contributed by atoms with E-state index in [0.717, 1.165) is 15.6 Å². The predicted octanol–water partition coefficient (Wildman–Crippen LogP) is 3.44. The van der Waals surface area contributed by atoms with Crippen molar-refractivity contribution in [3.63, 3.8) is 0 Å². The third-order valence-corrected chi connectivity index (χ3v) is 3.12. The molecule has 2 nitrogen and oxygen atoms in total. The summed E-state index contributed by atoms with van der Waals surface area (Å²) in [5, 5.41) is 0. The minimum absolute atomic E-state index is 0.117. The number of hydrogen-bond donors (Lipinski definition) is 0. The standard InChI is InChI=1S/C12H13BrO2/c1-5-10(14)11-8(3)9(13)6-7(2)12(11)15-4/h5-6H,1H2,2-4H3. The summed E-state index contributed by atoms with van der Waals surface area (Å²) in [5.41, 5.74) is 2.39. The molecule has 0 amide bonds. The maximum atomic E-state index is 11.7. The van der Waals surface area contributed by atoms with Gasteiger partial charge in [-0.05, 0) is 37.1 Å². The summed E-state index contributed by atoms with van der Waals surface area (Å²) in [6.45, 7) is 7.28. The molecular formula is C12H13BrO2. The Hall–Kier alpha value is -1.09. The van der Waals surface area contributed by atoms with E-state index in [9.17, 15) is 4.79 Å². The number of benzene rings is 1. The first-order valence-electron chi connectivity index (χ1n) is 4.53. The molecule has 0 spiro atoms. The van der Waals surface area contributed by atoms with Crippen molar-refractivity contribution >= 4 is 21.7 Å². The van der Waals surface area contributed by atoms with E-state index in [4.69, 9.17) is 4.74 Å². The first-order chi connectivity index (χ1) is 7.02. The molecule has 0 bridgehead atoms. The molecular weight excluding hydrogens is 256 g/mol. The van der Waals surface area contributed by atoms with Gasteiger partial charge in [-0.15, -0.1) is 0 Å². The lowest BCUT2D eigenvalue weighted by atomic mass is 10.00. The van der Waals surface area contributed by atoms with Crippen LogP contribution in [-0.2, 0) is 0 Å². The van der Waals surface area contributed by atoms with Crippen LogP contribution in [0.3, 0.4) is 0 Å². The molecule has 0 aromatic heterocycles. The predicted molar refractivity (Wildman–Crippen MR) is 64.7 cm³/mol. The monoisotopic (exact) mass is 268 g/mol. The number of halogens is 1. The first-order valence-corrected chi connectivity index (χ1v) is 5.32. The number of hydrogen-bond acceptors (Lipinski definition) is 2. The second kappa shape index (κ2) is 4.62. The van der Waals surface area contributed by atoms with E-state index in [-0.39, 0.29) is 5.78 Å². The van der Waals surface area contributed by atoms with Gasteiger partial charge in [0.2, 0.25) is 0 Å². The lowest BCUT2D eigenvalue weighted by molar-refractivity contribution is 0.104. The highest BCUT2D eigenvalue weighted by Gasteiger charge is 2.17. The van der Waals surface area contributed by atoms with Gasteiger partial charge in [0, 0.05) is 4.47 Å². The van der Waals surface area contributed by atoms with E-state index in [2.05, 4.69) is 22.5 Å². The van der Waals surface area contributed by atoms with Crippen molar-refractivity contribution in [2.75, 3.05) is 7.11 Å². The molecule has 0 aliphatic heterocycles. The number of carbonyl (C=O) groups is 1. The van der Waals surface area contributed by atoms with E-state index in [0.29, 0.717) is 11.3 Å². The molecule has 0 radical (unpaired) electrons. The summed E-state index contributed by atoms with van der Waals surface area (Å²) in [6, 6.07) is 1.94. The van der Waals surface area contributed by atoms with Gasteiger partial charge < -0.3 is 4.74 Å². The number of methoxy groups -OCH3 is 1. The zero-order chi connectivity index (χ0) is 11.6. The average Bonchev–Trinajstić information content (AvgIpc) is 2.21. The van der Waals surface area contributed by atoms with Gasteiger partial charge in [-0.25, -0.2) is 0 Å². The molecule has 0 atom stereocenters. The summed E-state index contributed by atoms with van der Waals surface area (Å²) in [5.74, 6) is 0.509. The Balaban J connectivity index is 3.57. The lowest BCUT2D eigenvalue weighted by Gasteiger charge is -2.13. The molecule has 15 heavy (non-hydrogen) atoms. The van der Waals surface area contributed by atoms with Crippen LogP contribution in [0.25, 0.3) is 0 Å². The number of rotatable bonds is 3. The summed E-state index contributed by atoms with van der Waals surface area (Å²) < 4.78 is 6.15. The molecule has 0 N–H and O–H groups in total. The fourth-order valence-electron chi connectivity index (χ4n) is 1.51. The Morgan fingerprint density at radius 1 is 1.53 bits per heavy atom. The van der Waals surface area contributed by atoms with Gasteiger partial charge in [0.1, 0.15) is 5.75 Å². The van der Waals surface area contributed by atoms with Crippen molar-refractivity contribution in [2.45, 2.75) is 13.8 Å². The molecule has 0 aliphatic rings. The van der Waals surface area contributed by atoms with Gasteiger partial charge in [0.25, 0.3) is 0 Å². The third-order valence-electron chi connectivity index (χ3n) is 2.30. The van der Waals surface area contributed by atoms with Gasteiger partial charge in [0.05, 0.1) is 12.7 Å². The second-order valence-corrected chi connectivity index (χ2v) is 4.13. The van der Waals surface area contributed by atoms with Crippen LogP contribution in [0.5, 0.6) is 5.75 Å². The summed E-state index contributed by atoms with van der Waals surface area (Å²) in [6.07, 6.45) is 1.30. The summed E-state index contributed by atoms with van der Waals surface area (Å²) in [4.78, 5) is 11.7. The quantitative estimate of drug-likeness (QED) is 0.620. The lowest BCUT2D eigenvalue weighted by Crippen LogP contribution is -2.04. The van der Waals surface area contributed by atoms with Crippen LogP contribution in [0.4, 0.5) is 0 Å². The fourth-order valence-corrected chi connectivity index (χ4v) is 2.05. The van der Waals surface area contributed by atoms with Gasteiger partial charge >= 0.3 is 0 Å². The van der Waals surface area contributed by atoms with Crippen LogP contribution in [0.1, 0.15) is 21.5 Å². The van der Waals surface area contributed by atoms with E-state index < -0.39 is 0 Å². The van der Waals surface area contributed by atoms with Crippen LogP contribution >= 0.6 is 15.9 Å². The minimum Gasteiger partial charge on any atom is -0.496 e. The molecule has 3 heteroatoms. The third kappa shape index (κ3) is 2.12. The molecule has 0 saturated heterocycles. The van der Waals surface area contributed by atoms with Crippen LogP contribution in [0.15, 0.2) is 23.2 Å². The highest BCUT2D eigenvalue weighted by molar-refractivity contribution is 9.10. The molecule has 0 saturated carbocycles. The second-order valence-electron chi connectivity index (χ2n) is 3.28. The number of ether oxygens (including phenoxy) is 1. The number of aryl methyl sites for hydroxylation is 1. The van der Waals surface area contributed by atoms with Crippen LogP contribution in [-0.4, -0.2) is 12.9 Å². The van der Waals surface area contributed by atoms with Gasteiger partial charge in [-0.3, -0.25) is 4.79 Å². The highest BCUT2D eigenvalue weighted by atomic mass is 79.9. The fraction of sp³-hybridized carbons (Fsp3) is 0.250. The highest BCUT2D eigenvalue weighted by Crippen LogP contribution is 2.32. The van der Waals surface area contributed by atoms with E-state index in [1.165, 1.54) is 6.08 Å². The topological polar surface area (TPSA) is 26.3 Å². The molecule has 0 aliphatic carbocycles. The summed E-state index contributed by atoms with van der Waals surface area (Å²) >= 11 is 3.42. The van der Waals surface area contributed by atoms with Crippen molar-refractivity contribution in [1.29, 1.82) is 0 Å². The zero-order valence-corrected chi connectivity index (χ0v) is 10.6. The molecule has 1 aromatic rings. The van der Waals surface area contributed by atoms with Crippen LogP contribution in [0.2, 0.25) is 0 Å². The van der Waals surface area contributed by atoms with Crippen molar-refractivity contribution in [3.8, 4) is 5.75 Å². The largest absolute Gasteiger partial charge is 0.496 e. The maximum Gasteiger partial charge on any atom is 0.189 e. The van der Waals surface area contributed by atoms with Crippen LogP contribution in [0, 0.1) is 13.8 Å².